The van der Waals surface area contributed by atoms with E-state index in [2.05, 4.69) is 21.8 Å². The van der Waals surface area contributed by atoms with E-state index in [0.717, 1.165) is 25.2 Å². The summed E-state index contributed by atoms with van der Waals surface area (Å²) in [4.78, 5) is 30.9. The Balaban J connectivity index is 1.65. The predicted molar refractivity (Wildman–Crippen MR) is 78.8 cm³/mol. The van der Waals surface area contributed by atoms with Crippen molar-refractivity contribution in [3.8, 4) is 0 Å². The lowest BCUT2D eigenvalue weighted by atomic mass is 10.3. The van der Waals surface area contributed by atoms with Gasteiger partial charge in [0, 0.05) is 52.0 Å². The molecule has 1 N–H and O–H groups in total. The Bertz CT molecular complexity index is 499. The van der Waals surface area contributed by atoms with Crippen LogP contribution in [0.15, 0.2) is 12.4 Å². The fourth-order valence-electron chi connectivity index (χ4n) is 2.41. The van der Waals surface area contributed by atoms with Gasteiger partial charge in [-0.25, -0.2) is 9.78 Å². The molecule has 7 heteroatoms. The first kappa shape index (κ1) is 15.3. The Labute approximate surface area is 124 Å². The first-order valence-corrected chi connectivity index (χ1v) is 7.38. The predicted octanol–water partition coefficient (Wildman–Crippen LogP) is 0.319. The molecule has 1 aliphatic rings. The van der Waals surface area contributed by atoms with Gasteiger partial charge in [-0.05, 0) is 6.42 Å². The third kappa shape index (κ3) is 3.96. The zero-order valence-corrected chi connectivity index (χ0v) is 12.7. The largest absolute Gasteiger partial charge is 0.354 e. The lowest BCUT2D eigenvalue weighted by Crippen LogP contribution is -2.39. The Morgan fingerprint density at radius 3 is 2.90 bits per heavy atom. The van der Waals surface area contributed by atoms with Crippen LogP contribution >= 0.6 is 0 Å². The molecule has 21 heavy (non-hydrogen) atoms. The van der Waals surface area contributed by atoms with E-state index in [0.29, 0.717) is 19.6 Å². The minimum atomic E-state index is -0.0972. The molecule has 1 saturated heterocycles. The van der Waals surface area contributed by atoms with Crippen molar-refractivity contribution in [3.05, 3.63) is 18.2 Å². The number of aromatic nitrogens is 2. The van der Waals surface area contributed by atoms with Crippen LogP contribution < -0.4 is 5.32 Å². The molecule has 1 aliphatic heterocycles. The molecule has 0 radical (unpaired) electrons. The molecule has 2 rings (SSSR count). The number of hydrogen-bond donors (Lipinski definition) is 1. The lowest BCUT2D eigenvalue weighted by Gasteiger charge is -2.15. The highest BCUT2D eigenvalue weighted by Gasteiger charge is 2.26. The number of nitrogens with zero attached hydrogens (tertiary/aromatic N) is 4. The summed E-state index contributed by atoms with van der Waals surface area (Å²) in [5.41, 5.74) is 0. The van der Waals surface area contributed by atoms with Crippen molar-refractivity contribution in [2.75, 3.05) is 33.2 Å². The van der Waals surface area contributed by atoms with E-state index in [4.69, 9.17) is 0 Å². The Morgan fingerprint density at radius 1 is 1.43 bits per heavy atom. The van der Waals surface area contributed by atoms with Crippen LogP contribution in [0.25, 0.3) is 0 Å². The van der Waals surface area contributed by atoms with Crippen molar-refractivity contribution in [2.24, 2.45) is 0 Å². The molecule has 0 saturated carbocycles. The van der Waals surface area contributed by atoms with Crippen LogP contribution in [0.5, 0.6) is 0 Å². The van der Waals surface area contributed by atoms with Crippen LogP contribution in [0, 0.1) is 0 Å². The summed E-state index contributed by atoms with van der Waals surface area (Å²) in [5.74, 6) is 0.965. The summed E-state index contributed by atoms with van der Waals surface area (Å²) in [7, 11) is 1.75. The van der Waals surface area contributed by atoms with Crippen molar-refractivity contribution in [3.63, 3.8) is 0 Å². The van der Waals surface area contributed by atoms with E-state index in [1.807, 2.05) is 6.20 Å². The van der Waals surface area contributed by atoms with Crippen LogP contribution in [-0.4, -0.2) is 64.5 Å². The minimum Gasteiger partial charge on any atom is -0.354 e. The molecule has 116 valence electrons. The fraction of sp³-hybridized carbons (Fsp3) is 0.643. The quantitative estimate of drug-likeness (QED) is 0.736. The van der Waals surface area contributed by atoms with Crippen LogP contribution in [-0.2, 0) is 17.8 Å². The zero-order chi connectivity index (χ0) is 15.2. The van der Waals surface area contributed by atoms with Crippen LogP contribution in [0.4, 0.5) is 4.79 Å². The Hall–Kier alpha value is -2.05. The topological polar surface area (TPSA) is 70.5 Å². The zero-order valence-electron chi connectivity index (χ0n) is 12.7. The highest BCUT2D eigenvalue weighted by atomic mass is 16.2. The molecule has 0 aromatic carbocycles. The summed E-state index contributed by atoms with van der Waals surface area (Å²) in [6, 6.07) is -0.0730. The third-order valence-electron chi connectivity index (χ3n) is 3.65. The Kier molecular flexibility index (Phi) is 5.19. The molecular formula is C14H23N5O2. The molecular weight excluding hydrogens is 270 g/mol. The lowest BCUT2D eigenvalue weighted by molar-refractivity contribution is -0.121. The standard InChI is InChI=1S/C14H23N5O2/c1-3-12-15-6-8-18(12)7-4-5-16-13(20)11-19-10-9-17(2)14(19)21/h6,8H,3-5,7,9-11H2,1-2H3,(H,16,20). The molecule has 2 heterocycles. The monoisotopic (exact) mass is 293 g/mol. The Morgan fingerprint density at radius 2 is 2.24 bits per heavy atom. The van der Waals surface area contributed by atoms with E-state index in [1.54, 1.807) is 23.0 Å². The first-order valence-electron chi connectivity index (χ1n) is 7.38. The summed E-state index contributed by atoms with van der Waals surface area (Å²) in [5, 5.41) is 2.86. The maximum absolute atomic E-state index is 11.8. The maximum Gasteiger partial charge on any atom is 0.320 e. The first-order chi connectivity index (χ1) is 10.1. The van der Waals surface area contributed by atoms with E-state index >= 15 is 0 Å². The van der Waals surface area contributed by atoms with E-state index in [1.165, 1.54) is 0 Å². The number of hydrogen-bond acceptors (Lipinski definition) is 3. The van der Waals surface area contributed by atoms with Gasteiger partial charge in [-0.1, -0.05) is 6.92 Å². The number of rotatable bonds is 7. The van der Waals surface area contributed by atoms with Gasteiger partial charge >= 0.3 is 6.03 Å². The van der Waals surface area contributed by atoms with Crippen LogP contribution in [0.3, 0.4) is 0 Å². The summed E-state index contributed by atoms with van der Waals surface area (Å²) in [6.07, 6.45) is 5.51. The molecule has 3 amide bonds. The van der Waals surface area contributed by atoms with Crippen LogP contribution in [0.2, 0.25) is 0 Å². The van der Waals surface area contributed by atoms with Crippen molar-refractivity contribution >= 4 is 11.9 Å². The number of aryl methyl sites for hydroxylation is 2. The number of nitrogens with one attached hydrogen (secondary N) is 1. The maximum atomic E-state index is 11.8. The highest BCUT2D eigenvalue weighted by molar-refractivity contribution is 5.84. The van der Waals surface area contributed by atoms with Gasteiger partial charge in [-0.15, -0.1) is 0 Å². The van der Waals surface area contributed by atoms with Gasteiger partial charge in [-0.3, -0.25) is 4.79 Å². The summed E-state index contributed by atoms with van der Waals surface area (Å²) in [6.45, 7) is 4.98. The minimum absolute atomic E-state index is 0.0730. The average molecular weight is 293 g/mol. The van der Waals surface area contributed by atoms with Gasteiger partial charge in [0.2, 0.25) is 5.91 Å². The number of urea groups is 1. The molecule has 0 atom stereocenters. The van der Waals surface area contributed by atoms with E-state index in [-0.39, 0.29) is 18.5 Å². The van der Waals surface area contributed by atoms with Crippen molar-refractivity contribution in [2.45, 2.75) is 26.3 Å². The van der Waals surface area contributed by atoms with Gasteiger partial charge in [0.1, 0.15) is 12.4 Å². The molecule has 1 aromatic heterocycles. The molecule has 0 unspecified atom stereocenters. The molecule has 0 spiro atoms. The number of amides is 3. The number of carbonyl (C=O) groups is 2. The molecule has 0 bridgehead atoms. The highest BCUT2D eigenvalue weighted by Crippen LogP contribution is 2.04. The van der Waals surface area contributed by atoms with Crippen molar-refractivity contribution < 1.29 is 9.59 Å². The molecule has 1 aromatic rings. The average Bonchev–Trinajstić information content (AvgIpc) is 3.05. The van der Waals surface area contributed by atoms with Gasteiger partial charge in [0.25, 0.3) is 0 Å². The van der Waals surface area contributed by atoms with Crippen molar-refractivity contribution in [1.82, 2.24) is 24.7 Å². The van der Waals surface area contributed by atoms with Gasteiger partial charge in [0.15, 0.2) is 0 Å². The molecule has 7 nitrogen and oxygen atoms in total. The summed E-state index contributed by atoms with van der Waals surface area (Å²) < 4.78 is 2.10. The number of carbonyl (C=O) groups excluding carboxylic acids is 2. The van der Waals surface area contributed by atoms with Crippen LogP contribution in [0.1, 0.15) is 19.2 Å². The smallest absolute Gasteiger partial charge is 0.320 e. The van der Waals surface area contributed by atoms with Gasteiger partial charge in [0.05, 0.1) is 0 Å². The third-order valence-corrected chi connectivity index (χ3v) is 3.65. The number of imidazole rings is 1. The fourth-order valence-corrected chi connectivity index (χ4v) is 2.41. The second kappa shape index (κ2) is 7.10. The van der Waals surface area contributed by atoms with Gasteiger partial charge < -0.3 is 19.7 Å². The van der Waals surface area contributed by atoms with E-state index in [9.17, 15) is 9.59 Å². The van der Waals surface area contributed by atoms with Crippen molar-refractivity contribution in [1.29, 1.82) is 0 Å². The van der Waals surface area contributed by atoms with E-state index < -0.39 is 0 Å². The molecule has 1 fully saturated rings. The normalized spacial score (nSPS) is 14.9. The van der Waals surface area contributed by atoms with Gasteiger partial charge in [-0.2, -0.15) is 0 Å². The summed E-state index contributed by atoms with van der Waals surface area (Å²) >= 11 is 0. The number of likely N-dealkylation sites (N-methyl/N-ethyl adjacent to an activating group) is 1. The molecule has 0 aliphatic carbocycles. The SMILES string of the molecule is CCc1nccn1CCCNC(=O)CN1CCN(C)C1=O. The second-order valence-corrected chi connectivity index (χ2v) is 5.22. The second-order valence-electron chi connectivity index (χ2n) is 5.22.